The lowest BCUT2D eigenvalue weighted by Crippen LogP contribution is -2.18. The molecule has 0 saturated carbocycles. The molecule has 5 nitrogen and oxygen atoms in total. The Bertz CT molecular complexity index is 1030. The number of rotatable bonds is 6. The van der Waals surface area contributed by atoms with Crippen LogP contribution in [0.15, 0.2) is 59.7 Å². The molecule has 0 bridgehead atoms. The predicted molar refractivity (Wildman–Crippen MR) is 113 cm³/mol. The van der Waals surface area contributed by atoms with Crippen LogP contribution in [0.25, 0.3) is 10.8 Å². The normalized spacial score (nSPS) is 11.2. The van der Waals surface area contributed by atoms with Crippen LogP contribution in [-0.2, 0) is 0 Å². The SMILES string of the molecule is COc1cc2ccccc2cc1C(=O)NN=Cc1ccc(OC(C)C)c(Cl)c1. The first kappa shape index (κ1) is 19.7. The molecular weight excluding hydrogens is 376 g/mol. The third kappa shape index (κ3) is 4.61. The number of carbonyl (C=O) groups is 1. The van der Waals surface area contributed by atoms with Gasteiger partial charge in [-0.2, -0.15) is 5.10 Å². The molecule has 0 radical (unpaired) electrons. The second-order valence-corrected chi connectivity index (χ2v) is 6.86. The number of nitrogens with one attached hydrogen (secondary N) is 1. The summed E-state index contributed by atoms with van der Waals surface area (Å²) in [5.41, 5.74) is 3.69. The summed E-state index contributed by atoms with van der Waals surface area (Å²) in [6.45, 7) is 3.87. The second-order valence-electron chi connectivity index (χ2n) is 6.46. The number of hydrogen-bond acceptors (Lipinski definition) is 4. The number of fused-ring (bicyclic) bond motifs is 1. The van der Waals surface area contributed by atoms with E-state index in [1.165, 1.54) is 13.3 Å². The van der Waals surface area contributed by atoms with Crippen LogP contribution >= 0.6 is 11.6 Å². The number of hydrogen-bond donors (Lipinski definition) is 1. The van der Waals surface area contributed by atoms with E-state index in [1.807, 2.05) is 50.2 Å². The minimum atomic E-state index is -0.357. The molecule has 1 amide bonds. The Kier molecular flexibility index (Phi) is 6.16. The topological polar surface area (TPSA) is 59.9 Å². The van der Waals surface area contributed by atoms with Gasteiger partial charge in [0.2, 0.25) is 0 Å². The highest BCUT2D eigenvalue weighted by molar-refractivity contribution is 6.32. The maximum absolute atomic E-state index is 12.5. The molecule has 0 aliphatic rings. The summed E-state index contributed by atoms with van der Waals surface area (Å²) in [7, 11) is 1.53. The van der Waals surface area contributed by atoms with Gasteiger partial charge in [0.1, 0.15) is 11.5 Å². The van der Waals surface area contributed by atoms with E-state index in [4.69, 9.17) is 21.1 Å². The summed E-state index contributed by atoms with van der Waals surface area (Å²) in [5, 5.41) is 6.46. The molecule has 0 aliphatic carbocycles. The standard InChI is InChI=1S/C22H21ClN2O3/c1-14(2)28-20-9-8-15(10-19(20)23)13-24-25-22(26)18-11-16-6-4-5-7-17(16)12-21(18)27-3/h4-14H,1-3H3,(H,25,26). The van der Waals surface area contributed by atoms with Gasteiger partial charge in [-0.1, -0.05) is 35.9 Å². The summed E-state index contributed by atoms with van der Waals surface area (Å²) in [6.07, 6.45) is 1.56. The molecule has 3 rings (SSSR count). The molecule has 1 N–H and O–H groups in total. The van der Waals surface area contributed by atoms with Gasteiger partial charge in [-0.05, 0) is 60.5 Å². The molecule has 0 saturated heterocycles. The van der Waals surface area contributed by atoms with Gasteiger partial charge >= 0.3 is 0 Å². The predicted octanol–water partition coefficient (Wildman–Crippen LogP) is 5.05. The fourth-order valence-electron chi connectivity index (χ4n) is 2.74. The van der Waals surface area contributed by atoms with E-state index in [-0.39, 0.29) is 12.0 Å². The molecule has 3 aromatic carbocycles. The molecule has 0 aromatic heterocycles. The molecule has 144 valence electrons. The Labute approximate surface area is 168 Å². The van der Waals surface area contributed by atoms with E-state index in [0.29, 0.717) is 22.1 Å². The van der Waals surface area contributed by atoms with Gasteiger partial charge in [0, 0.05) is 0 Å². The molecule has 0 fully saturated rings. The highest BCUT2D eigenvalue weighted by Gasteiger charge is 2.13. The number of benzene rings is 3. The van der Waals surface area contributed by atoms with Gasteiger partial charge in [-0.25, -0.2) is 5.43 Å². The van der Waals surface area contributed by atoms with Crippen molar-refractivity contribution >= 4 is 34.5 Å². The van der Waals surface area contributed by atoms with Crippen LogP contribution in [0.4, 0.5) is 0 Å². The van der Waals surface area contributed by atoms with Gasteiger partial charge in [-0.15, -0.1) is 0 Å². The van der Waals surface area contributed by atoms with Crippen molar-refractivity contribution in [3.63, 3.8) is 0 Å². The Balaban J connectivity index is 1.75. The lowest BCUT2D eigenvalue weighted by atomic mass is 10.1. The van der Waals surface area contributed by atoms with E-state index in [9.17, 15) is 4.79 Å². The van der Waals surface area contributed by atoms with E-state index < -0.39 is 0 Å². The van der Waals surface area contributed by atoms with Crippen molar-refractivity contribution in [3.8, 4) is 11.5 Å². The van der Waals surface area contributed by atoms with Crippen molar-refractivity contribution in [3.05, 3.63) is 70.7 Å². The molecule has 3 aromatic rings. The minimum Gasteiger partial charge on any atom is -0.496 e. The Morgan fingerprint density at radius 1 is 1.07 bits per heavy atom. The molecule has 0 spiro atoms. The monoisotopic (exact) mass is 396 g/mol. The number of nitrogens with zero attached hydrogens (tertiary/aromatic N) is 1. The fourth-order valence-corrected chi connectivity index (χ4v) is 2.97. The Hall–Kier alpha value is -3.05. The third-order valence-electron chi connectivity index (χ3n) is 4.01. The number of halogens is 1. The van der Waals surface area contributed by atoms with Crippen molar-refractivity contribution in [1.82, 2.24) is 5.43 Å². The first-order valence-corrected chi connectivity index (χ1v) is 9.22. The number of amides is 1. The van der Waals surface area contributed by atoms with Crippen molar-refractivity contribution in [2.45, 2.75) is 20.0 Å². The van der Waals surface area contributed by atoms with Crippen molar-refractivity contribution < 1.29 is 14.3 Å². The lowest BCUT2D eigenvalue weighted by Gasteiger charge is -2.11. The molecule has 0 aliphatic heterocycles. The molecular formula is C22H21ClN2O3. The number of carbonyl (C=O) groups excluding carboxylic acids is 1. The van der Waals surface area contributed by atoms with Crippen LogP contribution in [0, 0.1) is 0 Å². The minimum absolute atomic E-state index is 0.0354. The van der Waals surface area contributed by atoms with Crippen LogP contribution in [0.2, 0.25) is 5.02 Å². The second kappa shape index (κ2) is 8.76. The average molecular weight is 397 g/mol. The summed E-state index contributed by atoms with van der Waals surface area (Å²) < 4.78 is 11.0. The van der Waals surface area contributed by atoms with E-state index in [1.54, 1.807) is 18.2 Å². The van der Waals surface area contributed by atoms with Gasteiger partial charge in [0.25, 0.3) is 5.91 Å². The van der Waals surface area contributed by atoms with Gasteiger partial charge in [0.15, 0.2) is 0 Å². The van der Waals surface area contributed by atoms with Crippen LogP contribution in [0.1, 0.15) is 29.8 Å². The Morgan fingerprint density at radius 3 is 2.43 bits per heavy atom. The maximum Gasteiger partial charge on any atom is 0.275 e. The average Bonchev–Trinajstić information content (AvgIpc) is 2.68. The van der Waals surface area contributed by atoms with E-state index in [0.717, 1.165) is 16.3 Å². The van der Waals surface area contributed by atoms with Gasteiger partial charge in [-0.3, -0.25) is 4.79 Å². The summed E-state index contributed by atoms with van der Waals surface area (Å²) in [4.78, 5) is 12.5. The van der Waals surface area contributed by atoms with Crippen LogP contribution < -0.4 is 14.9 Å². The van der Waals surface area contributed by atoms with E-state index in [2.05, 4.69) is 10.5 Å². The first-order valence-electron chi connectivity index (χ1n) is 8.84. The van der Waals surface area contributed by atoms with Gasteiger partial charge < -0.3 is 9.47 Å². The van der Waals surface area contributed by atoms with Crippen LogP contribution in [0.5, 0.6) is 11.5 Å². The largest absolute Gasteiger partial charge is 0.496 e. The summed E-state index contributed by atoms with van der Waals surface area (Å²) in [5.74, 6) is 0.744. The third-order valence-corrected chi connectivity index (χ3v) is 4.31. The maximum atomic E-state index is 12.5. The smallest absolute Gasteiger partial charge is 0.275 e. The van der Waals surface area contributed by atoms with E-state index >= 15 is 0 Å². The molecule has 28 heavy (non-hydrogen) atoms. The highest BCUT2D eigenvalue weighted by atomic mass is 35.5. The van der Waals surface area contributed by atoms with Crippen molar-refractivity contribution in [2.75, 3.05) is 7.11 Å². The fraction of sp³-hybridized carbons (Fsp3) is 0.182. The number of ether oxygens (including phenoxy) is 2. The lowest BCUT2D eigenvalue weighted by molar-refractivity contribution is 0.0952. The van der Waals surface area contributed by atoms with Crippen LogP contribution in [0.3, 0.4) is 0 Å². The quantitative estimate of drug-likeness (QED) is 0.468. The zero-order valence-electron chi connectivity index (χ0n) is 15.9. The molecule has 6 heteroatoms. The molecule has 0 atom stereocenters. The zero-order valence-corrected chi connectivity index (χ0v) is 16.7. The molecule has 0 heterocycles. The summed E-state index contributed by atoms with van der Waals surface area (Å²) >= 11 is 6.22. The number of methoxy groups -OCH3 is 1. The zero-order chi connectivity index (χ0) is 20.1. The van der Waals surface area contributed by atoms with Crippen LogP contribution in [-0.4, -0.2) is 25.3 Å². The Morgan fingerprint density at radius 2 is 1.79 bits per heavy atom. The summed E-state index contributed by atoms with van der Waals surface area (Å²) in [6, 6.07) is 16.7. The van der Waals surface area contributed by atoms with Crippen molar-refractivity contribution in [1.29, 1.82) is 0 Å². The first-order chi connectivity index (χ1) is 13.5. The van der Waals surface area contributed by atoms with Gasteiger partial charge in [0.05, 0.1) is 30.0 Å². The number of hydrazone groups is 1. The highest BCUT2D eigenvalue weighted by Crippen LogP contribution is 2.27. The molecule has 0 unspecified atom stereocenters. The van der Waals surface area contributed by atoms with Crippen molar-refractivity contribution in [2.24, 2.45) is 5.10 Å².